The van der Waals surface area contributed by atoms with Gasteiger partial charge in [-0.2, -0.15) is 0 Å². The highest BCUT2D eigenvalue weighted by Crippen LogP contribution is 2.14. The van der Waals surface area contributed by atoms with Crippen molar-refractivity contribution in [1.82, 2.24) is 10.2 Å². The Hall–Kier alpha value is -0.580. The number of piperidine rings is 1. The van der Waals surface area contributed by atoms with Gasteiger partial charge in [0.25, 0.3) is 0 Å². The van der Waals surface area contributed by atoms with Crippen LogP contribution in [0.4, 0.5) is 4.79 Å². The van der Waals surface area contributed by atoms with Crippen LogP contribution in [-0.4, -0.2) is 46.3 Å². The van der Waals surface area contributed by atoms with Crippen molar-refractivity contribution < 1.29 is 9.00 Å². The molecule has 5 heteroatoms. The zero-order chi connectivity index (χ0) is 12.0. The second-order valence-electron chi connectivity index (χ2n) is 4.36. The van der Waals surface area contributed by atoms with Gasteiger partial charge in [0.05, 0.1) is 0 Å². The van der Waals surface area contributed by atoms with Crippen LogP contribution >= 0.6 is 0 Å². The molecule has 2 unspecified atom stereocenters. The summed E-state index contributed by atoms with van der Waals surface area (Å²) >= 11 is 0. The Bertz CT molecular complexity index is 258. The highest BCUT2D eigenvalue weighted by molar-refractivity contribution is 7.84. The summed E-state index contributed by atoms with van der Waals surface area (Å²) in [6, 6.07) is -0.000321. The quantitative estimate of drug-likeness (QED) is 0.810. The minimum atomic E-state index is -0.789. The van der Waals surface area contributed by atoms with E-state index in [0.717, 1.165) is 19.5 Å². The number of likely N-dealkylation sites (tertiary alicyclic amines) is 1. The molecular weight excluding hydrogens is 224 g/mol. The molecule has 94 valence electrons. The smallest absolute Gasteiger partial charge is 0.317 e. The van der Waals surface area contributed by atoms with Crippen LogP contribution in [0.15, 0.2) is 0 Å². The minimum absolute atomic E-state index is 0.000321. The zero-order valence-electron chi connectivity index (χ0n) is 10.2. The summed E-state index contributed by atoms with van der Waals surface area (Å²) in [7, 11) is -0.789. The molecule has 0 aliphatic carbocycles. The summed E-state index contributed by atoms with van der Waals surface area (Å²) in [6.07, 6.45) is 2.30. The number of nitrogens with zero attached hydrogens (tertiary/aromatic N) is 1. The van der Waals surface area contributed by atoms with E-state index in [9.17, 15) is 9.00 Å². The van der Waals surface area contributed by atoms with Crippen LogP contribution in [0, 0.1) is 5.92 Å². The van der Waals surface area contributed by atoms with E-state index in [2.05, 4.69) is 12.2 Å². The molecule has 0 bridgehead atoms. The maximum Gasteiger partial charge on any atom is 0.317 e. The summed E-state index contributed by atoms with van der Waals surface area (Å²) < 4.78 is 11.2. The highest BCUT2D eigenvalue weighted by atomic mass is 32.2. The van der Waals surface area contributed by atoms with Gasteiger partial charge in [0.1, 0.15) is 0 Å². The average molecular weight is 246 g/mol. The van der Waals surface area contributed by atoms with E-state index in [1.54, 1.807) is 0 Å². The molecule has 1 heterocycles. The number of urea groups is 1. The van der Waals surface area contributed by atoms with Crippen molar-refractivity contribution in [3.05, 3.63) is 0 Å². The molecule has 0 aromatic carbocycles. The predicted octanol–water partition coefficient (Wildman–Crippen LogP) is 1.20. The number of amides is 2. The number of hydrogen-bond acceptors (Lipinski definition) is 2. The van der Waals surface area contributed by atoms with Gasteiger partial charge in [-0.05, 0) is 18.8 Å². The lowest BCUT2D eigenvalue weighted by atomic mass is 10.0. The Morgan fingerprint density at radius 1 is 1.56 bits per heavy atom. The van der Waals surface area contributed by atoms with Gasteiger partial charge in [0.15, 0.2) is 0 Å². The van der Waals surface area contributed by atoms with Crippen molar-refractivity contribution in [1.29, 1.82) is 0 Å². The number of carbonyl (C=O) groups excluding carboxylic acids is 1. The molecular formula is C11H22N2O2S. The molecule has 0 aromatic heterocycles. The lowest BCUT2D eigenvalue weighted by molar-refractivity contribution is 0.170. The van der Waals surface area contributed by atoms with Crippen molar-refractivity contribution in [2.45, 2.75) is 26.7 Å². The maximum absolute atomic E-state index is 11.7. The van der Waals surface area contributed by atoms with Crippen LogP contribution in [0.1, 0.15) is 26.7 Å². The van der Waals surface area contributed by atoms with E-state index in [-0.39, 0.29) is 6.03 Å². The highest BCUT2D eigenvalue weighted by Gasteiger charge is 2.20. The first kappa shape index (κ1) is 13.5. The third-order valence-electron chi connectivity index (χ3n) is 2.87. The SMILES string of the molecule is CCS(=O)CCNC(=O)N1CCCC(C)C1. The van der Waals surface area contributed by atoms with Crippen LogP contribution in [0.5, 0.6) is 0 Å². The molecule has 4 nitrogen and oxygen atoms in total. The van der Waals surface area contributed by atoms with E-state index in [1.807, 2.05) is 11.8 Å². The van der Waals surface area contributed by atoms with Crippen molar-refractivity contribution in [2.75, 3.05) is 31.1 Å². The normalized spacial score (nSPS) is 22.9. The Balaban J connectivity index is 2.21. The first-order valence-electron chi connectivity index (χ1n) is 6.01. The van der Waals surface area contributed by atoms with Crippen molar-refractivity contribution >= 4 is 16.8 Å². The molecule has 0 aromatic rings. The van der Waals surface area contributed by atoms with Crippen LogP contribution in [0.2, 0.25) is 0 Å². The molecule has 1 saturated heterocycles. The summed E-state index contributed by atoms with van der Waals surface area (Å²) in [6.45, 7) is 6.29. The first-order valence-corrected chi connectivity index (χ1v) is 7.50. The molecule has 1 rings (SSSR count). The van der Waals surface area contributed by atoms with Gasteiger partial charge in [-0.25, -0.2) is 4.79 Å². The summed E-state index contributed by atoms with van der Waals surface area (Å²) in [5.41, 5.74) is 0. The Morgan fingerprint density at radius 2 is 2.31 bits per heavy atom. The number of hydrogen-bond donors (Lipinski definition) is 1. The molecule has 1 fully saturated rings. The third-order valence-corrected chi connectivity index (χ3v) is 4.18. The molecule has 16 heavy (non-hydrogen) atoms. The Morgan fingerprint density at radius 3 is 2.94 bits per heavy atom. The Kier molecular flexibility index (Phi) is 5.80. The van der Waals surface area contributed by atoms with Gasteiger partial charge in [-0.1, -0.05) is 13.8 Å². The molecule has 0 saturated carbocycles. The van der Waals surface area contributed by atoms with Gasteiger partial charge < -0.3 is 10.2 Å². The van der Waals surface area contributed by atoms with Crippen LogP contribution < -0.4 is 5.32 Å². The molecule has 0 spiro atoms. The summed E-state index contributed by atoms with van der Waals surface area (Å²) in [4.78, 5) is 13.6. The first-order chi connectivity index (χ1) is 7.63. The molecule has 0 radical (unpaired) electrons. The van der Waals surface area contributed by atoms with E-state index in [4.69, 9.17) is 0 Å². The van der Waals surface area contributed by atoms with E-state index in [1.165, 1.54) is 6.42 Å². The van der Waals surface area contributed by atoms with Gasteiger partial charge >= 0.3 is 6.03 Å². The molecule has 2 atom stereocenters. The van der Waals surface area contributed by atoms with Crippen LogP contribution in [0.3, 0.4) is 0 Å². The number of carbonyl (C=O) groups is 1. The van der Waals surface area contributed by atoms with Gasteiger partial charge in [0, 0.05) is 41.9 Å². The van der Waals surface area contributed by atoms with Gasteiger partial charge in [-0.3, -0.25) is 4.21 Å². The topological polar surface area (TPSA) is 49.4 Å². The lowest BCUT2D eigenvalue weighted by Gasteiger charge is -2.30. The largest absolute Gasteiger partial charge is 0.337 e. The van der Waals surface area contributed by atoms with Gasteiger partial charge in [-0.15, -0.1) is 0 Å². The molecule has 2 amide bonds. The second-order valence-corrected chi connectivity index (χ2v) is 6.22. The average Bonchev–Trinajstić information content (AvgIpc) is 2.28. The molecule has 1 aliphatic heterocycles. The Labute approximate surface area is 100 Å². The zero-order valence-corrected chi connectivity index (χ0v) is 11.0. The van der Waals surface area contributed by atoms with E-state index in [0.29, 0.717) is 24.0 Å². The number of nitrogens with one attached hydrogen (secondary N) is 1. The van der Waals surface area contributed by atoms with Crippen LogP contribution in [-0.2, 0) is 10.8 Å². The standard InChI is InChI=1S/C11H22N2O2S/c1-3-16(15)8-6-12-11(14)13-7-4-5-10(2)9-13/h10H,3-9H2,1-2H3,(H,12,14). The van der Waals surface area contributed by atoms with E-state index >= 15 is 0 Å². The molecule has 1 aliphatic rings. The number of rotatable bonds is 4. The maximum atomic E-state index is 11.7. The lowest BCUT2D eigenvalue weighted by Crippen LogP contribution is -2.45. The monoisotopic (exact) mass is 246 g/mol. The third kappa shape index (κ3) is 4.51. The fourth-order valence-electron chi connectivity index (χ4n) is 1.90. The van der Waals surface area contributed by atoms with Crippen molar-refractivity contribution in [2.24, 2.45) is 5.92 Å². The molecule has 1 N–H and O–H groups in total. The van der Waals surface area contributed by atoms with E-state index < -0.39 is 10.8 Å². The summed E-state index contributed by atoms with van der Waals surface area (Å²) in [5.74, 6) is 1.83. The second kappa shape index (κ2) is 6.89. The fourth-order valence-corrected chi connectivity index (χ4v) is 2.52. The minimum Gasteiger partial charge on any atom is -0.337 e. The van der Waals surface area contributed by atoms with Gasteiger partial charge in [0.2, 0.25) is 0 Å². The fraction of sp³-hybridized carbons (Fsp3) is 0.909. The predicted molar refractivity (Wildman–Crippen MR) is 66.9 cm³/mol. The van der Waals surface area contributed by atoms with Crippen LogP contribution in [0.25, 0.3) is 0 Å². The van der Waals surface area contributed by atoms with Crippen molar-refractivity contribution in [3.63, 3.8) is 0 Å². The summed E-state index contributed by atoms with van der Waals surface area (Å²) in [5, 5.41) is 2.83. The van der Waals surface area contributed by atoms with Crippen molar-refractivity contribution in [3.8, 4) is 0 Å².